The fourth-order valence-electron chi connectivity index (χ4n) is 2.82. The Morgan fingerprint density at radius 2 is 1.76 bits per heavy atom. The minimum absolute atomic E-state index is 0.567. The molecule has 0 aliphatic heterocycles. The molecule has 0 saturated heterocycles. The summed E-state index contributed by atoms with van der Waals surface area (Å²) < 4.78 is 0. The Kier molecular flexibility index (Phi) is 5.18. The van der Waals surface area contributed by atoms with Gasteiger partial charge < -0.3 is 5.32 Å². The zero-order valence-electron chi connectivity index (χ0n) is 13.9. The molecule has 1 aromatic heterocycles. The third-order valence-corrected chi connectivity index (χ3v) is 3.90. The largest absolute Gasteiger partial charge is 0.369 e. The molecule has 0 radical (unpaired) electrons. The lowest BCUT2D eigenvalue weighted by atomic mass is 10.1. The molecule has 0 atom stereocenters. The normalized spacial score (nSPS) is 11.8. The van der Waals surface area contributed by atoms with Crippen LogP contribution in [-0.2, 0) is 0 Å². The van der Waals surface area contributed by atoms with Gasteiger partial charge in [0.25, 0.3) is 0 Å². The van der Waals surface area contributed by atoms with Gasteiger partial charge in [0.2, 0.25) is 0 Å². The summed E-state index contributed by atoms with van der Waals surface area (Å²) in [6.07, 6.45) is 0. The lowest BCUT2D eigenvalue weighted by Gasteiger charge is -2.30. The fourth-order valence-corrected chi connectivity index (χ4v) is 2.82. The number of hydrogen-bond acceptors (Lipinski definition) is 3. The quantitative estimate of drug-likeness (QED) is 0.867. The van der Waals surface area contributed by atoms with E-state index in [2.05, 4.69) is 69.1 Å². The molecule has 3 heteroatoms. The number of pyridine rings is 1. The zero-order valence-corrected chi connectivity index (χ0v) is 13.9. The van der Waals surface area contributed by atoms with Crippen molar-refractivity contribution in [3.05, 3.63) is 35.9 Å². The van der Waals surface area contributed by atoms with Crippen LogP contribution in [0.2, 0.25) is 0 Å². The first-order valence-electron chi connectivity index (χ1n) is 7.85. The van der Waals surface area contributed by atoms with Gasteiger partial charge in [0.1, 0.15) is 5.82 Å². The van der Waals surface area contributed by atoms with Crippen molar-refractivity contribution in [3.8, 4) is 0 Å². The van der Waals surface area contributed by atoms with E-state index in [1.807, 2.05) is 6.07 Å². The molecule has 114 valence electrons. The third kappa shape index (κ3) is 3.94. The second-order valence-electron chi connectivity index (χ2n) is 6.20. The summed E-state index contributed by atoms with van der Waals surface area (Å²) in [5.74, 6) is 1.00. The van der Waals surface area contributed by atoms with Gasteiger partial charge in [-0.25, -0.2) is 4.98 Å². The van der Waals surface area contributed by atoms with E-state index in [0.717, 1.165) is 24.4 Å². The molecule has 1 heterocycles. The van der Waals surface area contributed by atoms with Gasteiger partial charge in [-0.2, -0.15) is 0 Å². The second kappa shape index (κ2) is 6.90. The topological polar surface area (TPSA) is 28.2 Å². The average Bonchev–Trinajstić information content (AvgIpc) is 2.43. The van der Waals surface area contributed by atoms with Crippen LogP contribution in [-0.4, -0.2) is 35.1 Å². The monoisotopic (exact) mass is 285 g/mol. The molecule has 1 N–H and O–H groups in total. The summed E-state index contributed by atoms with van der Waals surface area (Å²) in [6, 6.07) is 11.6. The van der Waals surface area contributed by atoms with E-state index in [0.29, 0.717) is 12.1 Å². The fraction of sp³-hybridized carbons (Fsp3) is 0.500. The number of benzene rings is 1. The van der Waals surface area contributed by atoms with Crippen molar-refractivity contribution in [1.29, 1.82) is 0 Å². The Morgan fingerprint density at radius 3 is 2.43 bits per heavy atom. The molecule has 1 aromatic carbocycles. The van der Waals surface area contributed by atoms with Gasteiger partial charge >= 0.3 is 0 Å². The van der Waals surface area contributed by atoms with Crippen LogP contribution in [0.5, 0.6) is 0 Å². The zero-order chi connectivity index (χ0) is 15.4. The summed E-state index contributed by atoms with van der Waals surface area (Å²) >= 11 is 0. The molecule has 0 aliphatic rings. The molecular formula is C18H27N3. The van der Waals surface area contributed by atoms with Crippen LogP contribution in [0.15, 0.2) is 30.3 Å². The van der Waals surface area contributed by atoms with Gasteiger partial charge in [0, 0.05) is 30.6 Å². The molecular weight excluding hydrogens is 258 g/mol. The number of anilines is 1. The van der Waals surface area contributed by atoms with Crippen LogP contribution in [0.3, 0.4) is 0 Å². The first kappa shape index (κ1) is 15.8. The highest BCUT2D eigenvalue weighted by Gasteiger charge is 2.12. The number of aromatic nitrogens is 1. The minimum atomic E-state index is 0.567. The van der Waals surface area contributed by atoms with Crippen molar-refractivity contribution in [3.63, 3.8) is 0 Å². The molecule has 21 heavy (non-hydrogen) atoms. The number of hydrogen-bond donors (Lipinski definition) is 1. The molecule has 0 fully saturated rings. The number of rotatable bonds is 6. The van der Waals surface area contributed by atoms with Crippen molar-refractivity contribution >= 4 is 16.7 Å². The van der Waals surface area contributed by atoms with Gasteiger partial charge in [0.05, 0.1) is 5.52 Å². The van der Waals surface area contributed by atoms with E-state index in [9.17, 15) is 0 Å². The maximum Gasteiger partial charge on any atom is 0.129 e. The Morgan fingerprint density at radius 1 is 1.10 bits per heavy atom. The first-order chi connectivity index (χ1) is 9.99. The summed E-state index contributed by atoms with van der Waals surface area (Å²) in [4.78, 5) is 7.22. The molecule has 3 nitrogen and oxygen atoms in total. The van der Waals surface area contributed by atoms with Crippen molar-refractivity contribution in [1.82, 2.24) is 9.88 Å². The molecule has 2 rings (SSSR count). The molecule has 0 amide bonds. The van der Waals surface area contributed by atoms with Gasteiger partial charge in [0.15, 0.2) is 0 Å². The lowest BCUT2D eigenvalue weighted by Crippen LogP contribution is -2.40. The predicted molar refractivity (Wildman–Crippen MR) is 91.9 cm³/mol. The van der Waals surface area contributed by atoms with Crippen molar-refractivity contribution < 1.29 is 0 Å². The SMILES string of the molecule is Cc1cc2ccccc2nc1NCCN(C(C)C)C(C)C. The lowest BCUT2D eigenvalue weighted by molar-refractivity contribution is 0.182. The Balaban J connectivity index is 2.04. The van der Waals surface area contributed by atoms with Crippen LogP contribution >= 0.6 is 0 Å². The molecule has 0 bridgehead atoms. The predicted octanol–water partition coefficient (Wildman–Crippen LogP) is 4.07. The summed E-state index contributed by atoms with van der Waals surface area (Å²) in [7, 11) is 0. The van der Waals surface area contributed by atoms with E-state index >= 15 is 0 Å². The van der Waals surface area contributed by atoms with Crippen LogP contribution in [0.1, 0.15) is 33.3 Å². The molecule has 0 aliphatic carbocycles. The number of nitrogens with one attached hydrogen (secondary N) is 1. The van der Waals surface area contributed by atoms with Crippen molar-refractivity contribution in [2.24, 2.45) is 0 Å². The number of aryl methyl sites for hydroxylation is 1. The second-order valence-corrected chi connectivity index (χ2v) is 6.20. The van der Waals surface area contributed by atoms with Gasteiger partial charge in [-0.15, -0.1) is 0 Å². The van der Waals surface area contributed by atoms with Crippen molar-refractivity contribution in [2.45, 2.75) is 46.7 Å². The summed E-state index contributed by atoms with van der Waals surface area (Å²) in [6.45, 7) is 13.1. The van der Waals surface area contributed by atoms with Gasteiger partial charge in [-0.1, -0.05) is 18.2 Å². The van der Waals surface area contributed by atoms with Crippen LogP contribution in [0.25, 0.3) is 10.9 Å². The van der Waals surface area contributed by atoms with Gasteiger partial charge in [-0.05, 0) is 52.3 Å². The Labute approximate surface area is 128 Å². The molecule has 0 unspecified atom stereocenters. The highest BCUT2D eigenvalue weighted by Crippen LogP contribution is 2.19. The highest BCUT2D eigenvalue weighted by molar-refractivity contribution is 5.81. The van der Waals surface area contributed by atoms with Crippen LogP contribution in [0.4, 0.5) is 5.82 Å². The standard InChI is InChI=1S/C18H27N3/c1-13(2)21(14(3)4)11-10-19-18-15(5)12-16-8-6-7-9-17(16)20-18/h6-9,12-14H,10-11H2,1-5H3,(H,19,20). The van der Waals surface area contributed by atoms with E-state index in [4.69, 9.17) is 4.98 Å². The molecule has 2 aromatic rings. The van der Waals surface area contributed by atoms with E-state index in [-0.39, 0.29) is 0 Å². The van der Waals surface area contributed by atoms with E-state index in [1.54, 1.807) is 0 Å². The maximum absolute atomic E-state index is 4.73. The minimum Gasteiger partial charge on any atom is -0.369 e. The molecule has 0 saturated carbocycles. The Hall–Kier alpha value is -1.61. The highest BCUT2D eigenvalue weighted by atomic mass is 15.2. The summed E-state index contributed by atoms with van der Waals surface area (Å²) in [5, 5.41) is 4.69. The van der Waals surface area contributed by atoms with Crippen LogP contribution < -0.4 is 5.32 Å². The smallest absolute Gasteiger partial charge is 0.129 e. The van der Waals surface area contributed by atoms with Crippen LogP contribution in [0, 0.1) is 6.92 Å². The third-order valence-electron chi connectivity index (χ3n) is 3.90. The van der Waals surface area contributed by atoms with Gasteiger partial charge in [-0.3, -0.25) is 4.90 Å². The van der Waals surface area contributed by atoms with Crippen molar-refractivity contribution in [2.75, 3.05) is 18.4 Å². The number of nitrogens with zero attached hydrogens (tertiary/aromatic N) is 2. The summed E-state index contributed by atoms with van der Waals surface area (Å²) in [5.41, 5.74) is 2.25. The van der Waals surface area contributed by atoms with E-state index in [1.165, 1.54) is 10.9 Å². The molecule has 0 spiro atoms. The average molecular weight is 285 g/mol. The number of para-hydroxylation sites is 1. The maximum atomic E-state index is 4.73. The Bertz CT molecular complexity index is 582. The van der Waals surface area contributed by atoms with E-state index < -0.39 is 0 Å². The number of fused-ring (bicyclic) bond motifs is 1. The first-order valence-corrected chi connectivity index (χ1v) is 7.85.